The molecule has 0 saturated heterocycles. The average Bonchev–Trinajstić information content (AvgIpc) is 2.29. The molecule has 3 atom stereocenters. The summed E-state index contributed by atoms with van der Waals surface area (Å²) < 4.78 is -0.530. The Morgan fingerprint density at radius 1 is 1.08 bits per heavy atom. The van der Waals surface area contributed by atoms with Crippen LogP contribution < -0.4 is 0 Å². The molecule has 70 valence electrons. The molecule has 0 nitrogen and oxygen atoms in total. The van der Waals surface area contributed by atoms with Crippen molar-refractivity contribution in [3.8, 4) is 0 Å². The van der Waals surface area contributed by atoms with Gasteiger partial charge in [-0.1, -0.05) is 6.42 Å². The van der Waals surface area contributed by atoms with Crippen molar-refractivity contribution in [2.45, 2.75) is 41.8 Å². The molecule has 2 saturated carbocycles. The summed E-state index contributed by atoms with van der Waals surface area (Å²) in [5.74, 6) is 1.03. The third kappa shape index (κ3) is 1.47. The summed E-state index contributed by atoms with van der Waals surface area (Å²) >= 11 is 18.7. The van der Waals surface area contributed by atoms with Crippen LogP contribution in [-0.2, 0) is 0 Å². The predicted octanol–water partition coefficient (Wildman–Crippen LogP) is 3.98. The summed E-state index contributed by atoms with van der Waals surface area (Å²) in [6.45, 7) is 0. The van der Waals surface area contributed by atoms with E-state index in [0.29, 0.717) is 11.8 Å². The van der Waals surface area contributed by atoms with Gasteiger partial charge in [0.1, 0.15) is 4.33 Å². The maximum atomic E-state index is 6.23. The highest BCUT2D eigenvalue weighted by atomic mass is 35.5. The first-order valence-corrected chi connectivity index (χ1v) is 5.82. The standard InChI is InChI=1S/C9H13Cl3/c10-7-3-1-2-6-4-5-9(11,12)8(6)7/h6-8H,1-5H2/t6-,7+,8+/m1/s1. The number of hydrogen-bond acceptors (Lipinski definition) is 0. The second kappa shape index (κ2) is 3.22. The fourth-order valence-electron chi connectivity index (χ4n) is 2.71. The molecular formula is C9H13Cl3. The molecule has 0 spiro atoms. The molecule has 2 aliphatic carbocycles. The Hall–Kier alpha value is 0.870. The van der Waals surface area contributed by atoms with E-state index in [9.17, 15) is 0 Å². The summed E-state index contributed by atoms with van der Waals surface area (Å²) in [5.41, 5.74) is 0. The van der Waals surface area contributed by atoms with Crippen LogP contribution in [0.5, 0.6) is 0 Å². The number of halogens is 3. The van der Waals surface area contributed by atoms with Gasteiger partial charge in [-0.05, 0) is 31.6 Å². The molecule has 2 aliphatic rings. The minimum atomic E-state index is -0.530. The monoisotopic (exact) mass is 226 g/mol. The van der Waals surface area contributed by atoms with Crippen molar-refractivity contribution in [3.05, 3.63) is 0 Å². The molecule has 0 aromatic heterocycles. The number of fused-ring (bicyclic) bond motifs is 1. The van der Waals surface area contributed by atoms with Gasteiger partial charge in [0.2, 0.25) is 0 Å². The van der Waals surface area contributed by atoms with Gasteiger partial charge in [-0.3, -0.25) is 0 Å². The van der Waals surface area contributed by atoms with Gasteiger partial charge in [0.25, 0.3) is 0 Å². The van der Waals surface area contributed by atoms with Crippen molar-refractivity contribution >= 4 is 34.8 Å². The maximum Gasteiger partial charge on any atom is 0.122 e. The summed E-state index contributed by atoms with van der Waals surface area (Å²) in [6, 6.07) is 0. The first kappa shape index (κ1) is 9.43. The van der Waals surface area contributed by atoms with Gasteiger partial charge in [-0.15, -0.1) is 34.8 Å². The van der Waals surface area contributed by atoms with Crippen molar-refractivity contribution in [2.75, 3.05) is 0 Å². The Morgan fingerprint density at radius 2 is 1.83 bits per heavy atom. The number of alkyl halides is 3. The fraction of sp³-hybridized carbons (Fsp3) is 1.00. The van der Waals surface area contributed by atoms with Crippen molar-refractivity contribution in [2.24, 2.45) is 11.8 Å². The second-order valence-electron chi connectivity index (χ2n) is 4.03. The zero-order chi connectivity index (χ0) is 8.77. The number of rotatable bonds is 0. The van der Waals surface area contributed by atoms with Gasteiger partial charge < -0.3 is 0 Å². The Morgan fingerprint density at radius 3 is 2.50 bits per heavy atom. The van der Waals surface area contributed by atoms with E-state index in [4.69, 9.17) is 34.8 Å². The first-order valence-electron chi connectivity index (χ1n) is 4.63. The van der Waals surface area contributed by atoms with E-state index in [1.807, 2.05) is 0 Å². The highest BCUT2D eigenvalue weighted by molar-refractivity contribution is 6.49. The quantitative estimate of drug-likeness (QED) is 0.549. The van der Waals surface area contributed by atoms with E-state index in [0.717, 1.165) is 12.8 Å². The van der Waals surface area contributed by atoms with Gasteiger partial charge in [-0.25, -0.2) is 0 Å². The van der Waals surface area contributed by atoms with Crippen LogP contribution in [0.4, 0.5) is 0 Å². The highest BCUT2D eigenvalue weighted by Gasteiger charge is 2.50. The molecule has 0 N–H and O–H groups in total. The largest absolute Gasteiger partial charge is 0.123 e. The lowest BCUT2D eigenvalue weighted by atomic mass is 9.81. The van der Waals surface area contributed by atoms with Crippen LogP contribution in [-0.4, -0.2) is 9.71 Å². The Bertz CT molecular complexity index is 179. The molecule has 0 heterocycles. The highest BCUT2D eigenvalue weighted by Crippen LogP contribution is 2.55. The molecule has 0 aromatic carbocycles. The van der Waals surface area contributed by atoms with Crippen molar-refractivity contribution in [1.82, 2.24) is 0 Å². The van der Waals surface area contributed by atoms with Crippen LogP contribution >= 0.6 is 34.8 Å². The Labute approximate surface area is 88.6 Å². The molecule has 0 aliphatic heterocycles. The Kier molecular flexibility index (Phi) is 2.53. The average molecular weight is 228 g/mol. The molecule has 3 heteroatoms. The topological polar surface area (TPSA) is 0 Å². The van der Waals surface area contributed by atoms with Crippen molar-refractivity contribution in [3.63, 3.8) is 0 Å². The van der Waals surface area contributed by atoms with Crippen LogP contribution in [0.1, 0.15) is 32.1 Å². The molecule has 0 radical (unpaired) electrons. The van der Waals surface area contributed by atoms with E-state index < -0.39 is 4.33 Å². The zero-order valence-electron chi connectivity index (χ0n) is 6.90. The van der Waals surface area contributed by atoms with E-state index in [2.05, 4.69) is 0 Å². The maximum absolute atomic E-state index is 6.23. The molecule has 12 heavy (non-hydrogen) atoms. The fourth-order valence-corrected chi connectivity index (χ4v) is 4.29. The van der Waals surface area contributed by atoms with E-state index >= 15 is 0 Å². The minimum Gasteiger partial charge on any atom is -0.123 e. The second-order valence-corrected chi connectivity index (χ2v) is 6.14. The van der Waals surface area contributed by atoms with E-state index in [-0.39, 0.29) is 5.38 Å². The van der Waals surface area contributed by atoms with Gasteiger partial charge in [-0.2, -0.15) is 0 Å². The lowest BCUT2D eigenvalue weighted by Gasteiger charge is -2.34. The lowest BCUT2D eigenvalue weighted by Crippen LogP contribution is -2.34. The van der Waals surface area contributed by atoms with E-state index in [1.54, 1.807) is 0 Å². The molecule has 0 amide bonds. The van der Waals surface area contributed by atoms with Crippen molar-refractivity contribution in [1.29, 1.82) is 0 Å². The summed E-state index contributed by atoms with van der Waals surface area (Å²) in [5, 5.41) is 0.209. The van der Waals surface area contributed by atoms with Crippen LogP contribution in [0.25, 0.3) is 0 Å². The smallest absolute Gasteiger partial charge is 0.122 e. The molecular weight excluding hydrogens is 214 g/mol. The molecule has 0 aromatic rings. The summed E-state index contributed by atoms with van der Waals surface area (Å²) in [6.07, 6.45) is 5.70. The van der Waals surface area contributed by atoms with Gasteiger partial charge in [0, 0.05) is 11.3 Å². The molecule has 0 bridgehead atoms. The minimum absolute atomic E-state index is 0.209. The van der Waals surface area contributed by atoms with E-state index in [1.165, 1.54) is 19.3 Å². The zero-order valence-corrected chi connectivity index (χ0v) is 9.17. The number of hydrogen-bond donors (Lipinski definition) is 0. The molecule has 0 unspecified atom stereocenters. The lowest BCUT2D eigenvalue weighted by molar-refractivity contribution is 0.276. The van der Waals surface area contributed by atoms with Gasteiger partial charge in [0.05, 0.1) is 0 Å². The van der Waals surface area contributed by atoms with Gasteiger partial charge >= 0.3 is 0 Å². The third-order valence-electron chi connectivity index (χ3n) is 3.29. The first-order chi connectivity index (χ1) is 5.61. The van der Waals surface area contributed by atoms with Crippen LogP contribution in [0.2, 0.25) is 0 Å². The SMILES string of the molecule is Cl[C@H]1CCC[C@@H]2CCC(Cl)(Cl)[C@@H]21. The normalized spacial score (nSPS) is 45.8. The van der Waals surface area contributed by atoms with Crippen molar-refractivity contribution < 1.29 is 0 Å². The van der Waals surface area contributed by atoms with Gasteiger partial charge in [0.15, 0.2) is 0 Å². The predicted molar refractivity (Wildman–Crippen MR) is 54.1 cm³/mol. The molecule has 2 fully saturated rings. The molecule has 2 rings (SSSR count). The third-order valence-corrected chi connectivity index (χ3v) is 4.66. The summed E-state index contributed by atoms with van der Waals surface area (Å²) in [7, 11) is 0. The summed E-state index contributed by atoms with van der Waals surface area (Å²) in [4.78, 5) is 0. The van der Waals surface area contributed by atoms with Crippen LogP contribution in [0.3, 0.4) is 0 Å². The Balaban J connectivity index is 2.17. The van der Waals surface area contributed by atoms with Crippen LogP contribution in [0.15, 0.2) is 0 Å². The van der Waals surface area contributed by atoms with Crippen LogP contribution in [0, 0.1) is 11.8 Å².